The first kappa shape index (κ1) is 12.2. The maximum atomic E-state index is 13.5. The number of likely N-dealkylation sites (N-methyl/N-ethyl adjacent to an activating group) is 1. The third-order valence-electron chi connectivity index (χ3n) is 3.31. The lowest BCUT2D eigenvalue weighted by Gasteiger charge is -2.32. The van der Waals surface area contributed by atoms with Gasteiger partial charge in [-0.2, -0.15) is 0 Å². The van der Waals surface area contributed by atoms with Crippen molar-refractivity contribution in [3.8, 4) is 5.75 Å². The third-order valence-corrected chi connectivity index (χ3v) is 3.31. The number of ether oxygens (including phenoxy) is 1. The van der Waals surface area contributed by atoms with Gasteiger partial charge in [0.15, 0.2) is 11.6 Å². The first-order valence-corrected chi connectivity index (χ1v) is 6.05. The van der Waals surface area contributed by atoms with Gasteiger partial charge in [-0.25, -0.2) is 4.39 Å². The number of hydrogen-bond acceptors (Lipinski definition) is 3. The van der Waals surface area contributed by atoms with Crippen LogP contribution in [0.5, 0.6) is 5.75 Å². The van der Waals surface area contributed by atoms with E-state index in [1.54, 1.807) is 12.1 Å². The van der Waals surface area contributed by atoms with Crippen LogP contribution in [0.1, 0.15) is 19.3 Å². The van der Waals surface area contributed by atoms with Gasteiger partial charge in [-0.05, 0) is 38.6 Å². The first-order chi connectivity index (χ1) is 8.16. The molecule has 2 N–H and O–H groups in total. The van der Waals surface area contributed by atoms with Gasteiger partial charge in [0.2, 0.25) is 0 Å². The minimum absolute atomic E-state index is 0.290. The smallest absolute Gasteiger partial charge is 0.167 e. The number of nitrogens with two attached hydrogens (primary N) is 1. The van der Waals surface area contributed by atoms with E-state index in [1.165, 1.54) is 18.9 Å². The zero-order valence-corrected chi connectivity index (χ0v) is 10.2. The summed E-state index contributed by atoms with van der Waals surface area (Å²) in [6, 6.07) is 4.93. The van der Waals surface area contributed by atoms with Gasteiger partial charge < -0.3 is 15.4 Å². The molecule has 3 nitrogen and oxygen atoms in total. The highest BCUT2D eigenvalue weighted by Crippen LogP contribution is 2.21. The predicted molar refractivity (Wildman–Crippen MR) is 66.6 cm³/mol. The molecule has 1 fully saturated rings. The Balaban J connectivity index is 1.92. The van der Waals surface area contributed by atoms with E-state index in [0.717, 1.165) is 13.0 Å². The molecule has 0 amide bonds. The number of anilines is 1. The minimum atomic E-state index is -0.386. The summed E-state index contributed by atoms with van der Waals surface area (Å²) < 4.78 is 19.0. The Bertz CT molecular complexity index is 384. The molecule has 1 heterocycles. The summed E-state index contributed by atoms with van der Waals surface area (Å²) in [5, 5.41) is 0. The van der Waals surface area contributed by atoms with Crippen molar-refractivity contribution in [3.63, 3.8) is 0 Å². The fourth-order valence-electron chi connectivity index (χ4n) is 2.17. The Morgan fingerprint density at radius 3 is 3.00 bits per heavy atom. The number of hydrogen-bond donors (Lipinski definition) is 1. The normalized spacial score (nSPS) is 21.4. The molecule has 0 saturated carbocycles. The monoisotopic (exact) mass is 238 g/mol. The fourth-order valence-corrected chi connectivity index (χ4v) is 2.17. The lowest BCUT2D eigenvalue weighted by atomic mass is 10.0. The van der Waals surface area contributed by atoms with Gasteiger partial charge in [0.25, 0.3) is 0 Å². The highest BCUT2D eigenvalue weighted by atomic mass is 19.1. The topological polar surface area (TPSA) is 38.5 Å². The molecule has 17 heavy (non-hydrogen) atoms. The molecule has 0 bridgehead atoms. The number of halogens is 1. The Labute approximate surface area is 101 Å². The minimum Gasteiger partial charge on any atom is -0.489 e. The van der Waals surface area contributed by atoms with Crippen molar-refractivity contribution in [2.45, 2.75) is 25.3 Å². The van der Waals surface area contributed by atoms with Crippen LogP contribution in [0.2, 0.25) is 0 Å². The number of piperidine rings is 1. The molecule has 4 heteroatoms. The summed E-state index contributed by atoms with van der Waals surface area (Å²) in [4.78, 5) is 2.28. The molecule has 94 valence electrons. The van der Waals surface area contributed by atoms with E-state index in [4.69, 9.17) is 10.5 Å². The molecule has 1 aromatic rings. The second-order valence-electron chi connectivity index (χ2n) is 4.63. The molecular formula is C13H19FN2O. The van der Waals surface area contributed by atoms with Crippen LogP contribution < -0.4 is 10.5 Å². The van der Waals surface area contributed by atoms with E-state index in [2.05, 4.69) is 11.9 Å². The van der Waals surface area contributed by atoms with Crippen LogP contribution in [0.3, 0.4) is 0 Å². The Morgan fingerprint density at radius 2 is 2.29 bits per heavy atom. The zero-order valence-electron chi connectivity index (χ0n) is 10.2. The van der Waals surface area contributed by atoms with Crippen molar-refractivity contribution in [1.82, 2.24) is 4.90 Å². The lowest BCUT2D eigenvalue weighted by Crippen LogP contribution is -2.40. The van der Waals surface area contributed by atoms with E-state index < -0.39 is 0 Å². The van der Waals surface area contributed by atoms with Gasteiger partial charge in [-0.3, -0.25) is 0 Å². The van der Waals surface area contributed by atoms with Crippen LogP contribution in [0.15, 0.2) is 18.2 Å². The van der Waals surface area contributed by atoms with Crippen LogP contribution >= 0.6 is 0 Å². The molecule has 1 unspecified atom stereocenters. The molecule has 1 aromatic carbocycles. The van der Waals surface area contributed by atoms with Crippen LogP contribution in [0, 0.1) is 5.82 Å². The van der Waals surface area contributed by atoms with Gasteiger partial charge >= 0.3 is 0 Å². The average molecular weight is 238 g/mol. The summed E-state index contributed by atoms with van der Waals surface area (Å²) in [5.74, 6) is -0.0957. The maximum Gasteiger partial charge on any atom is 0.167 e. The van der Waals surface area contributed by atoms with Crippen molar-refractivity contribution < 1.29 is 9.13 Å². The predicted octanol–water partition coefficient (Wildman–Crippen LogP) is 2.27. The van der Waals surface area contributed by atoms with E-state index >= 15 is 0 Å². The summed E-state index contributed by atoms with van der Waals surface area (Å²) in [5.41, 5.74) is 5.91. The summed E-state index contributed by atoms with van der Waals surface area (Å²) in [6.07, 6.45) is 3.58. The highest BCUT2D eigenvalue weighted by molar-refractivity contribution is 5.42. The van der Waals surface area contributed by atoms with Gasteiger partial charge in [-0.1, -0.05) is 6.42 Å². The lowest BCUT2D eigenvalue weighted by molar-refractivity contribution is 0.123. The fraction of sp³-hybridized carbons (Fsp3) is 0.538. The first-order valence-electron chi connectivity index (χ1n) is 6.05. The van der Waals surface area contributed by atoms with Crippen molar-refractivity contribution in [2.75, 3.05) is 25.9 Å². The number of nitrogens with zero attached hydrogens (tertiary/aromatic N) is 1. The summed E-state index contributed by atoms with van der Waals surface area (Å²) in [7, 11) is 2.09. The maximum absolute atomic E-state index is 13.5. The van der Waals surface area contributed by atoms with Crippen LogP contribution in [-0.2, 0) is 0 Å². The molecule has 0 spiro atoms. The molecule has 0 aromatic heterocycles. The van der Waals surface area contributed by atoms with Gasteiger partial charge in [-0.15, -0.1) is 0 Å². The van der Waals surface area contributed by atoms with Crippen LogP contribution in [-0.4, -0.2) is 31.1 Å². The Kier molecular flexibility index (Phi) is 3.84. The number of rotatable bonds is 3. The van der Waals surface area contributed by atoms with E-state index in [0.29, 0.717) is 18.3 Å². The van der Waals surface area contributed by atoms with E-state index in [9.17, 15) is 4.39 Å². The molecule has 1 aliphatic heterocycles. The molecule has 1 aliphatic rings. The van der Waals surface area contributed by atoms with Gasteiger partial charge in [0.1, 0.15) is 6.61 Å². The van der Waals surface area contributed by atoms with E-state index in [-0.39, 0.29) is 11.6 Å². The Hall–Kier alpha value is -1.29. The zero-order chi connectivity index (χ0) is 12.3. The SMILES string of the molecule is CN1CCCCC1COc1ccc(N)cc1F. The standard InChI is InChI=1S/C13H19FN2O/c1-16-7-3-2-4-11(16)9-17-13-6-5-10(15)8-12(13)14/h5-6,8,11H,2-4,7,9,15H2,1H3. The molecular weight excluding hydrogens is 219 g/mol. The second kappa shape index (κ2) is 5.36. The van der Waals surface area contributed by atoms with Crippen molar-refractivity contribution in [2.24, 2.45) is 0 Å². The van der Waals surface area contributed by atoms with Gasteiger partial charge in [0.05, 0.1) is 0 Å². The average Bonchev–Trinajstić information content (AvgIpc) is 2.30. The number of likely N-dealkylation sites (tertiary alicyclic amines) is 1. The third kappa shape index (κ3) is 3.09. The van der Waals surface area contributed by atoms with Crippen LogP contribution in [0.25, 0.3) is 0 Å². The highest BCUT2D eigenvalue weighted by Gasteiger charge is 2.19. The van der Waals surface area contributed by atoms with Crippen molar-refractivity contribution in [1.29, 1.82) is 0 Å². The largest absolute Gasteiger partial charge is 0.489 e. The van der Waals surface area contributed by atoms with E-state index in [1.807, 2.05) is 0 Å². The number of nitrogen functional groups attached to an aromatic ring is 1. The van der Waals surface area contributed by atoms with Crippen LogP contribution in [0.4, 0.5) is 10.1 Å². The molecule has 0 aliphatic carbocycles. The molecule has 2 rings (SSSR count). The quantitative estimate of drug-likeness (QED) is 0.821. The summed E-state index contributed by atoms with van der Waals surface area (Å²) >= 11 is 0. The van der Waals surface area contributed by atoms with Crippen molar-refractivity contribution >= 4 is 5.69 Å². The summed E-state index contributed by atoms with van der Waals surface area (Å²) in [6.45, 7) is 1.63. The number of benzene rings is 1. The molecule has 0 radical (unpaired) electrons. The van der Waals surface area contributed by atoms with Crippen molar-refractivity contribution in [3.05, 3.63) is 24.0 Å². The molecule has 1 saturated heterocycles. The Morgan fingerprint density at radius 1 is 1.47 bits per heavy atom. The van der Waals surface area contributed by atoms with Gasteiger partial charge in [0, 0.05) is 17.8 Å². The second-order valence-corrected chi connectivity index (χ2v) is 4.63. The molecule has 1 atom stereocenters.